The van der Waals surface area contributed by atoms with E-state index < -0.39 is 42.5 Å². The Balaban J connectivity index is 2.47. The zero-order chi connectivity index (χ0) is 24.7. The third kappa shape index (κ3) is 7.99. The molecule has 2 rings (SSSR count). The van der Waals surface area contributed by atoms with Gasteiger partial charge in [-0.05, 0) is 45.8 Å². The Morgan fingerprint density at radius 2 is 1.73 bits per heavy atom. The first kappa shape index (κ1) is 26.6. The van der Waals surface area contributed by atoms with Gasteiger partial charge in [-0.2, -0.15) is 0 Å². The first-order valence-electron chi connectivity index (χ1n) is 11.1. The van der Waals surface area contributed by atoms with Gasteiger partial charge in [0, 0.05) is 6.42 Å². The average Bonchev–Trinajstić information content (AvgIpc) is 2.75. The van der Waals surface area contributed by atoms with Gasteiger partial charge >= 0.3 is 5.97 Å². The van der Waals surface area contributed by atoms with Crippen molar-refractivity contribution in [3.8, 4) is 0 Å². The molecule has 2 aliphatic rings. The molecule has 2 bridgehead atoms. The summed E-state index contributed by atoms with van der Waals surface area (Å²) >= 11 is 0. The van der Waals surface area contributed by atoms with Gasteiger partial charge in [-0.3, -0.25) is 4.79 Å². The van der Waals surface area contributed by atoms with E-state index in [4.69, 9.17) is 9.47 Å². The number of rotatable bonds is 2. The van der Waals surface area contributed by atoms with Crippen LogP contribution in [0.4, 0.5) is 0 Å². The number of ether oxygens (including phenoxy) is 2. The summed E-state index contributed by atoms with van der Waals surface area (Å²) in [7, 11) is 0. The van der Waals surface area contributed by atoms with E-state index in [1.165, 1.54) is 6.92 Å². The second-order valence-electron chi connectivity index (χ2n) is 8.63. The molecule has 0 aromatic carbocycles. The predicted molar refractivity (Wildman–Crippen MR) is 123 cm³/mol. The van der Waals surface area contributed by atoms with Crippen molar-refractivity contribution in [2.24, 2.45) is 5.92 Å². The quantitative estimate of drug-likeness (QED) is 0.465. The maximum absolute atomic E-state index is 12.5. The van der Waals surface area contributed by atoms with Crippen LogP contribution < -0.4 is 5.32 Å². The molecule has 2 heterocycles. The van der Waals surface area contributed by atoms with Gasteiger partial charge in [-0.25, -0.2) is 4.79 Å². The smallest absolute Gasteiger partial charge is 0.337 e. The molecule has 2 aliphatic heterocycles. The Labute approximate surface area is 195 Å². The topological polar surface area (TPSA) is 125 Å². The molecule has 0 radical (unpaired) electrons. The molecule has 1 amide bonds. The molecule has 0 fully saturated rings. The van der Waals surface area contributed by atoms with E-state index in [0.717, 1.165) is 5.57 Å². The third-order valence-electron chi connectivity index (χ3n) is 5.56. The fourth-order valence-electron chi connectivity index (χ4n) is 3.48. The van der Waals surface area contributed by atoms with Gasteiger partial charge in [-0.15, -0.1) is 0 Å². The van der Waals surface area contributed by atoms with Crippen LogP contribution in [-0.4, -0.2) is 57.8 Å². The molecule has 0 spiro atoms. The van der Waals surface area contributed by atoms with Crippen LogP contribution in [0.2, 0.25) is 0 Å². The van der Waals surface area contributed by atoms with E-state index in [0.29, 0.717) is 17.8 Å². The van der Waals surface area contributed by atoms with Crippen LogP contribution in [0.3, 0.4) is 0 Å². The van der Waals surface area contributed by atoms with Gasteiger partial charge in [0.1, 0.15) is 18.0 Å². The number of carbonyl (C=O) groups excluding carboxylic acids is 2. The number of allylic oxidation sites excluding steroid dienone is 4. The number of carbonyl (C=O) groups is 2. The number of fused-ring (bicyclic) bond motifs is 2. The Morgan fingerprint density at radius 1 is 1.09 bits per heavy atom. The highest BCUT2D eigenvalue weighted by Gasteiger charge is 2.36. The Kier molecular flexibility index (Phi) is 9.64. The zero-order valence-electron chi connectivity index (χ0n) is 19.8. The summed E-state index contributed by atoms with van der Waals surface area (Å²) in [5.41, 5.74) is 1.85. The second-order valence-corrected chi connectivity index (χ2v) is 8.63. The molecule has 8 nitrogen and oxygen atoms in total. The highest BCUT2D eigenvalue weighted by Crippen LogP contribution is 2.32. The molecule has 0 aromatic heterocycles. The minimum Gasteiger partial charge on any atom is -0.470 e. The van der Waals surface area contributed by atoms with Crippen molar-refractivity contribution in [2.45, 2.75) is 78.1 Å². The molecule has 33 heavy (non-hydrogen) atoms. The Morgan fingerprint density at radius 3 is 2.39 bits per heavy atom. The number of esters is 1. The lowest BCUT2D eigenvalue weighted by atomic mass is 9.92. The summed E-state index contributed by atoms with van der Waals surface area (Å²) < 4.78 is 11.6. The van der Waals surface area contributed by atoms with Gasteiger partial charge in [0.05, 0.1) is 23.7 Å². The first-order chi connectivity index (χ1) is 15.5. The Hall–Kier alpha value is -2.68. The summed E-state index contributed by atoms with van der Waals surface area (Å²) in [6.07, 6.45) is 6.32. The largest absolute Gasteiger partial charge is 0.470 e. The molecule has 4 N–H and O–H groups in total. The van der Waals surface area contributed by atoms with Crippen molar-refractivity contribution >= 4 is 11.9 Å². The van der Waals surface area contributed by atoms with E-state index in [2.05, 4.69) is 5.32 Å². The molecule has 8 heteroatoms. The summed E-state index contributed by atoms with van der Waals surface area (Å²) in [5.74, 6) is -1.23. The van der Waals surface area contributed by atoms with Crippen LogP contribution >= 0.6 is 0 Å². The van der Waals surface area contributed by atoms with Crippen LogP contribution in [-0.2, 0) is 19.1 Å². The highest BCUT2D eigenvalue weighted by atomic mass is 16.6. The number of hydrogen-bond donors (Lipinski definition) is 4. The van der Waals surface area contributed by atoms with Crippen LogP contribution in [0.5, 0.6) is 0 Å². The molecule has 182 valence electrons. The Bertz CT molecular complexity index is 881. The lowest BCUT2D eigenvalue weighted by molar-refractivity contribution is -0.152. The minimum atomic E-state index is -1.25. The second kappa shape index (κ2) is 12.0. The fraction of sp³-hybridized carbons (Fsp3) is 0.520. The number of nitrogens with one attached hydrogen (secondary N) is 1. The van der Waals surface area contributed by atoms with Crippen molar-refractivity contribution in [1.29, 1.82) is 0 Å². The number of aliphatic hydroxyl groups is 3. The van der Waals surface area contributed by atoms with Crippen LogP contribution in [0.15, 0.2) is 58.9 Å². The first-order valence-corrected chi connectivity index (χ1v) is 11.1. The monoisotopic (exact) mass is 461 g/mol. The SMILES string of the molecule is CC1=C2OC(NC(=O)[C@H](C)O)/C=C(C)/C=C/[C@@H](O)C/C=C(C)/C=C/[C@@H](O)C[C@@H](OC1=O)[C@H]2C. The van der Waals surface area contributed by atoms with Gasteiger partial charge in [0.2, 0.25) is 0 Å². The number of aliphatic hydroxyl groups excluding tert-OH is 3. The van der Waals surface area contributed by atoms with Crippen molar-refractivity contribution in [2.75, 3.05) is 0 Å². The normalized spacial score (nSPS) is 35.5. The highest BCUT2D eigenvalue weighted by molar-refractivity contribution is 5.89. The summed E-state index contributed by atoms with van der Waals surface area (Å²) in [5, 5.41) is 32.9. The molecule has 0 aliphatic carbocycles. The maximum Gasteiger partial charge on any atom is 0.337 e. The van der Waals surface area contributed by atoms with Gasteiger partial charge < -0.3 is 30.1 Å². The molecule has 6 atom stereocenters. The van der Waals surface area contributed by atoms with Gasteiger partial charge in [-0.1, -0.05) is 42.9 Å². The molecule has 0 saturated carbocycles. The minimum absolute atomic E-state index is 0.167. The fourth-order valence-corrected chi connectivity index (χ4v) is 3.48. The molecule has 0 saturated heterocycles. The third-order valence-corrected chi connectivity index (χ3v) is 5.56. The molecule has 1 unspecified atom stereocenters. The molecular weight excluding hydrogens is 426 g/mol. The predicted octanol–water partition coefficient (Wildman–Crippen LogP) is 2.18. The van der Waals surface area contributed by atoms with E-state index >= 15 is 0 Å². The lowest BCUT2D eigenvalue weighted by Crippen LogP contribution is -2.43. The van der Waals surface area contributed by atoms with Crippen LogP contribution in [0.1, 0.15) is 47.5 Å². The zero-order valence-corrected chi connectivity index (χ0v) is 19.8. The van der Waals surface area contributed by atoms with Crippen molar-refractivity contribution < 1.29 is 34.4 Å². The van der Waals surface area contributed by atoms with E-state index in [1.807, 2.05) is 19.9 Å². The van der Waals surface area contributed by atoms with Crippen molar-refractivity contribution in [3.63, 3.8) is 0 Å². The van der Waals surface area contributed by atoms with E-state index in [9.17, 15) is 24.9 Å². The summed E-state index contributed by atoms with van der Waals surface area (Å²) in [4.78, 5) is 24.6. The van der Waals surface area contributed by atoms with Gasteiger partial charge in [0.25, 0.3) is 5.91 Å². The average molecular weight is 462 g/mol. The number of hydrogen-bond acceptors (Lipinski definition) is 7. The van der Waals surface area contributed by atoms with Crippen LogP contribution in [0, 0.1) is 5.92 Å². The van der Waals surface area contributed by atoms with Crippen molar-refractivity contribution in [1.82, 2.24) is 5.32 Å². The lowest BCUT2D eigenvalue weighted by Gasteiger charge is -2.34. The maximum atomic E-state index is 12.5. The molecular formula is C25H35NO7. The number of amides is 1. The van der Waals surface area contributed by atoms with E-state index in [1.54, 1.807) is 44.2 Å². The van der Waals surface area contributed by atoms with Crippen molar-refractivity contribution in [3.05, 3.63) is 58.9 Å². The van der Waals surface area contributed by atoms with Crippen LogP contribution in [0.25, 0.3) is 0 Å². The van der Waals surface area contributed by atoms with Gasteiger partial charge in [0.15, 0.2) is 6.23 Å². The standard InChI is InChI=1S/C25H35NO7/c1-14-6-9-19(28)10-8-15(2)12-22(26-24(30)18(5)27)33-23-16(3)21(13-20(29)11-7-14)32-25(31)17(23)4/h6-8,10-12,16,18-22,27-29H,9,13H2,1-5H3,(H,26,30)/b10-8+,11-7+,14-6+,15-12+/t16-,18+,19+,20-,21-,22?/m1/s1. The summed E-state index contributed by atoms with van der Waals surface area (Å²) in [6, 6.07) is 0. The molecule has 0 aromatic rings. The van der Waals surface area contributed by atoms with E-state index in [-0.39, 0.29) is 17.9 Å². The summed E-state index contributed by atoms with van der Waals surface area (Å²) in [6.45, 7) is 8.40.